The van der Waals surface area contributed by atoms with E-state index in [0.29, 0.717) is 29.9 Å². The first-order chi connectivity index (χ1) is 21.5. The third-order valence-electron chi connectivity index (χ3n) is 9.65. The molecule has 2 aliphatic heterocycles. The Balaban J connectivity index is 1.65. The van der Waals surface area contributed by atoms with Crippen molar-refractivity contribution in [3.05, 3.63) is 82.9 Å². The van der Waals surface area contributed by atoms with Gasteiger partial charge in [0.2, 0.25) is 5.12 Å². The molecule has 0 aromatic heterocycles. The number of aryl methyl sites for hydroxylation is 1. The minimum atomic E-state index is -1.35. The second kappa shape index (κ2) is 16.7. The topological polar surface area (TPSA) is 58.6 Å². The number of fused-ring (bicyclic) bond motifs is 1. The van der Waals surface area contributed by atoms with Crippen LogP contribution >= 0.6 is 23.5 Å². The van der Waals surface area contributed by atoms with E-state index in [0.717, 1.165) is 73.6 Å². The Labute approximate surface area is 283 Å². The van der Waals surface area contributed by atoms with Crippen molar-refractivity contribution in [1.29, 1.82) is 0 Å². The molecule has 0 fully saturated rings. The van der Waals surface area contributed by atoms with Crippen molar-refractivity contribution in [3.63, 3.8) is 0 Å². The summed E-state index contributed by atoms with van der Waals surface area (Å²) in [4.78, 5) is 15.8. The molecule has 1 N–H and O–H groups in total. The number of anilines is 1. The minimum absolute atomic E-state index is 0.0790. The fourth-order valence-electron chi connectivity index (χ4n) is 6.25. The van der Waals surface area contributed by atoms with Crippen LogP contribution in [0.25, 0.3) is 0 Å². The third kappa shape index (κ3) is 9.96. The molecule has 0 spiro atoms. The van der Waals surface area contributed by atoms with Gasteiger partial charge in [-0.25, -0.2) is 4.21 Å². The molecule has 2 bridgehead atoms. The van der Waals surface area contributed by atoms with Crippen LogP contribution in [0.2, 0.25) is 5.02 Å². The predicted octanol–water partition coefficient (Wildman–Crippen LogP) is 9.45. The number of carbonyl (C=O) groups is 1. The molecule has 8 heteroatoms. The first-order valence-corrected chi connectivity index (χ1v) is 18.9. The maximum absolute atomic E-state index is 13.3. The van der Waals surface area contributed by atoms with Crippen LogP contribution in [0.3, 0.4) is 0 Å². The summed E-state index contributed by atoms with van der Waals surface area (Å²) in [6.45, 7) is 15.6. The summed E-state index contributed by atoms with van der Waals surface area (Å²) in [5.74, 6) is 2.09. The van der Waals surface area contributed by atoms with Crippen molar-refractivity contribution < 1.29 is 13.7 Å². The molecule has 246 valence electrons. The number of carbonyl (C=O) groups excluding carboxylic acids is 1. The number of hydrogen-bond acceptors (Lipinski definition) is 5. The van der Waals surface area contributed by atoms with Crippen molar-refractivity contribution in [2.45, 2.75) is 78.9 Å². The van der Waals surface area contributed by atoms with Crippen LogP contribution in [0.4, 0.5) is 5.69 Å². The summed E-state index contributed by atoms with van der Waals surface area (Å²) >= 11 is 7.18. The Bertz CT molecular complexity index is 1380. The minimum Gasteiger partial charge on any atom is -0.491 e. The van der Waals surface area contributed by atoms with E-state index in [1.54, 1.807) is 0 Å². The zero-order valence-corrected chi connectivity index (χ0v) is 30.1. The lowest BCUT2D eigenvalue weighted by atomic mass is 9.81. The van der Waals surface area contributed by atoms with Crippen LogP contribution in [-0.2, 0) is 17.4 Å². The molecule has 0 aliphatic carbocycles. The molecule has 45 heavy (non-hydrogen) atoms. The molecule has 4 rings (SSSR count). The lowest BCUT2D eigenvalue weighted by Gasteiger charge is -2.37. The number of ether oxygens (including phenoxy) is 1. The van der Waals surface area contributed by atoms with Crippen molar-refractivity contribution in [3.8, 4) is 5.75 Å². The van der Waals surface area contributed by atoms with E-state index in [1.807, 2.05) is 37.3 Å². The molecule has 2 aliphatic rings. The van der Waals surface area contributed by atoms with E-state index >= 15 is 0 Å². The van der Waals surface area contributed by atoms with Crippen molar-refractivity contribution in [2.75, 3.05) is 24.6 Å². The zero-order chi connectivity index (χ0) is 32.6. The molecular formula is C37H51ClN2O3S2. The van der Waals surface area contributed by atoms with Crippen LogP contribution < -0.4 is 13.8 Å². The molecular weight excluding hydrogens is 620 g/mol. The predicted molar refractivity (Wildman–Crippen MR) is 193 cm³/mol. The van der Waals surface area contributed by atoms with Crippen LogP contribution in [0.5, 0.6) is 5.75 Å². The van der Waals surface area contributed by atoms with Crippen LogP contribution in [-0.4, -0.2) is 34.3 Å². The molecule has 0 radical (unpaired) electrons. The number of allylic oxidation sites excluding steroid dienone is 4. The Morgan fingerprint density at radius 1 is 1.16 bits per heavy atom. The van der Waals surface area contributed by atoms with E-state index in [9.17, 15) is 9.00 Å². The van der Waals surface area contributed by atoms with E-state index in [4.69, 9.17) is 16.3 Å². The van der Waals surface area contributed by atoms with Gasteiger partial charge in [-0.05, 0) is 98.6 Å². The standard InChI is InChI=1S/C37H51ClN2O3S2/c1-7-8-15-31-16-9-12-26(2)29(5)45(42)39-44-36(41)32-18-19-35-34(22-32)40(23-27(3)28(31)4)24-37(6,25-43-35)20-11-14-30-13-10-17-33(38)21-30/h8-10,13,15-19,21-22,26-29,31,39H,7,11-12,14,20,23-25H2,1-6H3/b15-8-,16-9+. The summed E-state index contributed by atoms with van der Waals surface area (Å²) in [6, 6.07) is 13.9. The number of benzene rings is 2. The fraction of sp³-hybridized carbons (Fsp3) is 0.541. The molecule has 2 aromatic rings. The highest BCUT2D eigenvalue weighted by Crippen LogP contribution is 2.40. The second-order valence-electron chi connectivity index (χ2n) is 13.5. The maximum Gasteiger partial charge on any atom is 0.235 e. The number of hydrogen-bond donors (Lipinski definition) is 1. The summed E-state index contributed by atoms with van der Waals surface area (Å²) in [5, 5.41) is 0.535. The number of nitrogens with one attached hydrogen (secondary N) is 1. The first-order valence-electron chi connectivity index (χ1n) is 16.5. The second-order valence-corrected chi connectivity index (χ2v) is 16.5. The van der Waals surface area contributed by atoms with E-state index in [1.165, 1.54) is 5.56 Å². The Hall–Kier alpha value is -2.06. The number of rotatable bonds is 6. The van der Waals surface area contributed by atoms with Gasteiger partial charge < -0.3 is 9.64 Å². The van der Waals surface area contributed by atoms with Crippen molar-refractivity contribution in [2.24, 2.45) is 29.1 Å². The molecule has 0 amide bonds. The van der Waals surface area contributed by atoms with Gasteiger partial charge in [0.25, 0.3) is 0 Å². The van der Waals surface area contributed by atoms with E-state index in [2.05, 4.69) is 80.1 Å². The zero-order valence-electron chi connectivity index (χ0n) is 27.8. The molecule has 5 nitrogen and oxygen atoms in total. The highest BCUT2D eigenvalue weighted by molar-refractivity contribution is 8.18. The Kier molecular flexibility index (Phi) is 13.3. The summed E-state index contributed by atoms with van der Waals surface area (Å²) in [7, 11) is -1.35. The molecule has 0 saturated carbocycles. The lowest BCUT2D eigenvalue weighted by Crippen LogP contribution is -2.41. The molecule has 2 aromatic carbocycles. The maximum atomic E-state index is 13.3. The van der Waals surface area contributed by atoms with Crippen molar-refractivity contribution >= 4 is 45.3 Å². The van der Waals surface area contributed by atoms with Crippen LogP contribution in [0.15, 0.2) is 66.8 Å². The van der Waals surface area contributed by atoms with Gasteiger partial charge in [-0.1, -0.05) is 82.7 Å². The lowest BCUT2D eigenvalue weighted by molar-refractivity contribution is 0.108. The molecule has 7 unspecified atom stereocenters. The normalized spacial score (nSPS) is 30.8. The third-order valence-corrected chi connectivity index (χ3v) is 12.4. The SMILES string of the molecule is CC/C=C\C1/C=C/CC(C)C(C)S(=O)NSC(=O)c2ccc3c(c2)N(CC(C)C1C)CC(C)(CCCc1cccc(Cl)c1)CO3. The highest BCUT2D eigenvalue weighted by atomic mass is 35.5. The van der Waals surface area contributed by atoms with E-state index in [-0.39, 0.29) is 21.7 Å². The van der Waals surface area contributed by atoms with Crippen LogP contribution in [0.1, 0.15) is 83.1 Å². The summed E-state index contributed by atoms with van der Waals surface area (Å²) < 4.78 is 22.5. The Morgan fingerprint density at radius 3 is 2.71 bits per heavy atom. The van der Waals surface area contributed by atoms with Gasteiger partial charge in [-0.15, -0.1) is 0 Å². The largest absolute Gasteiger partial charge is 0.491 e. The molecule has 0 saturated heterocycles. The molecule has 7 atom stereocenters. The quantitative estimate of drug-likeness (QED) is 0.245. The van der Waals surface area contributed by atoms with Gasteiger partial charge in [-0.3, -0.25) is 4.79 Å². The van der Waals surface area contributed by atoms with Gasteiger partial charge >= 0.3 is 0 Å². The highest BCUT2D eigenvalue weighted by Gasteiger charge is 2.35. The summed E-state index contributed by atoms with van der Waals surface area (Å²) in [5.41, 5.74) is 2.72. The van der Waals surface area contributed by atoms with E-state index < -0.39 is 11.0 Å². The smallest absolute Gasteiger partial charge is 0.235 e. The van der Waals surface area contributed by atoms with Gasteiger partial charge in [0.15, 0.2) is 0 Å². The van der Waals surface area contributed by atoms with Crippen molar-refractivity contribution in [1.82, 2.24) is 4.13 Å². The number of halogens is 1. The average Bonchev–Trinajstić information content (AvgIpc) is 3.15. The fourth-order valence-corrected chi connectivity index (χ4v) is 8.48. The first kappa shape index (κ1) is 35.8. The van der Waals surface area contributed by atoms with Gasteiger partial charge in [0, 0.05) is 41.0 Å². The van der Waals surface area contributed by atoms with Gasteiger partial charge in [-0.2, -0.15) is 4.13 Å². The average molecular weight is 671 g/mol. The van der Waals surface area contributed by atoms with Gasteiger partial charge in [0.1, 0.15) is 16.7 Å². The number of nitrogens with zero attached hydrogens (tertiary/aromatic N) is 1. The molecule has 2 heterocycles. The van der Waals surface area contributed by atoms with Crippen LogP contribution in [0, 0.1) is 29.1 Å². The van der Waals surface area contributed by atoms with Gasteiger partial charge in [0.05, 0.1) is 17.5 Å². The summed E-state index contributed by atoms with van der Waals surface area (Å²) in [6.07, 6.45) is 14.1. The Morgan fingerprint density at radius 2 is 1.96 bits per heavy atom. The monoisotopic (exact) mass is 670 g/mol.